The van der Waals surface area contributed by atoms with Crippen LogP contribution in [-0.4, -0.2) is 10.1 Å². The number of hydrogen-bond donors (Lipinski definition) is 1. The molecule has 0 fully saturated rings. The van der Waals surface area contributed by atoms with Gasteiger partial charge in [-0.15, -0.1) is 11.3 Å². The van der Waals surface area contributed by atoms with Crippen molar-refractivity contribution in [3.05, 3.63) is 57.5 Å². The molecule has 0 aliphatic rings. The maximum absolute atomic E-state index is 9.25. The summed E-state index contributed by atoms with van der Waals surface area (Å²) in [6.07, 6.45) is 0.803. The minimum absolute atomic E-state index is 0.298. The molecule has 2 aromatic carbocycles. The van der Waals surface area contributed by atoms with E-state index in [1.807, 2.05) is 24.3 Å². The number of phenolic OH excluding ortho intramolecular Hbond substituents is 1. The summed E-state index contributed by atoms with van der Waals surface area (Å²) in [5, 5.41) is 10.3. The van der Waals surface area contributed by atoms with E-state index in [-0.39, 0.29) is 0 Å². The van der Waals surface area contributed by atoms with E-state index in [2.05, 4.69) is 27.0 Å². The van der Waals surface area contributed by atoms with Gasteiger partial charge in [-0.3, -0.25) is 0 Å². The van der Waals surface area contributed by atoms with Gasteiger partial charge in [0.05, 0.1) is 15.2 Å². The molecule has 0 aliphatic heterocycles. The van der Waals surface area contributed by atoms with Crippen molar-refractivity contribution in [2.45, 2.75) is 6.42 Å². The van der Waals surface area contributed by atoms with Gasteiger partial charge in [0, 0.05) is 10.9 Å². The maximum atomic E-state index is 9.25. The van der Waals surface area contributed by atoms with Crippen LogP contribution in [0.25, 0.3) is 10.2 Å². The molecule has 1 heterocycles. The Bertz CT molecular complexity index is 691. The first kappa shape index (κ1) is 11.7. The van der Waals surface area contributed by atoms with E-state index >= 15 is 0 Å². The number of aromatic hydroxyl groups is 1. The second-order valence-electron chi connectivity index (χ2n) is 4.06. The van der Waals surface area contributed by atoms with Gasteiger partial charge in [0.25, 0.3) is 0 Å². The quantitative estimate of drug-likeness (QED) is 0.761. The lowest BCUT2D eigenvalue weighted by atomic mass is 10.1. The zero-order valence-electron chi connectivity index (χ0n) is 9.43. The van der Waals surface area contributed by atoms with Gasteiger partial charge in [0.2, 0.25) is 0 Å². The fourth-order valence-corrected chi connectivity index (χ4v) is 3.36. The summed E-state index contributed by atoms with van der Waals surface area (Å²) in [6, 6.07) is 13.4. The summed E-state index contributed by atoms with van der Waals surface area (Å²) >= 11 is 5.17. The van der Waals surface area contributed by atoms with Crippen molar-refractivity contribution in [1.29, 1.82) is 0 Å². The number of rotatable bonds is 2. The Morgan fingerprint density at radius 3 is 2.67 bits per heavy atom. The molecule has 18 heavy (non-hydrogen) atoms. The number of hydrogen-bond acceptors (Lipinski definition) is 3. The minimum Gasteiger partial charge on any atom is -0.508 e. The number of aromatic nitrogens is 1. The average Bonchev–Trinajstić information content (AvgIpc) is 2.73. The molecule has 0 saturated carbocycles. The molecule has 4 heteroatoms. The monoisotopic (exact) mass is 319 g/mol. The van der Waals surface area contributed by atoms with Crippen LogP contribution in [0.2, 0.25) is 0 Å². The Balaban J connectivity index is 1.92. The predicted molar refractivity (Wildman–Crippen MR) is 78.2 cm³/mol. The smallest absolute Gasteiger partial charge is 0.115 e. The van der Waals surface area contributed by atoms with Gasteiger partial charge in [-0.2, -0.15) is 0 Å². The van der Waals surface area contributed by atoms with Crippen LogP contribution in [0.4, 0.5) is 0 Å². The SMILES string of the molecule is Oc1ccc(Cc2nc3ccc(Br)cc3s2)cc1. The molecule has 0 amide bonds. The number of halogens is 1. The molecule has 90 valence electrons. The molecule has 0 saturated heterocycles. The van der Waals surface area contributed by atoms with Crippen molar-refractivity contribution in [3.63, 3.8) is 0 Å². The van der Waals surface area contributed by atoms with Crippen LogP contribution >= 0.6 is 27.3 Å². The van der Waals surface area contributed by atoms with Gasteiger partial charge in [0.1, 0.15) is 5.75 Å². The molecule has 0 bridgehead atoms. The lowest BCUT2D eigenvalue weighted by Gasteiger charge is -1.97. The first-order valence-corrected chi connectivity index (χ1v) is 7.14. The van der Waals surface area contributed by atoms with E-state index < -0.39 is 0 Å². The van der Waals surface area contributed by atoms with Crippen LogP contribution in [-0.2, 0) is 6.42 Å². The highest BCUT2D eigenvalue weighted by Crippen LogP contribution is 2.27. The molecule has 0 spiro atoms. The van der Waals surface area contributed by atoms with Crippen molar-refractivity contribution in [3.8, 4) is 5.75 Å². The molecule has 3 aromatic rings. The average molecular weight is 320 g/mol. The van der Waals surface area contributed by atoms with Crippen molar-refractivity contribution < 1.29 is 5.11 Å². The molecular weight excluding hydrogens is 310 g/mol. The van der Waals surface area contributed by atoms with Gasteiger partial charge in [-0.25, -0.2) is 4.98 Å². The van der Waals surface area contributed by atoms with Crippen LogP contribution in [0.5, 0.6) is 5.75 Å². The summed E-state index contributed by atoms with van der Waals surface area (Å²) in [6.45, 7) is 0. The van der Waals surface area contributed by atoms with E-state index in [0.29, 0.717) is 5.75 Å². The summed E-state index contributed by atoms with van der Waals surface area (Å²) < 4.78 is 2.27. The highest BCUT2D eigenvalue weighted by molar-refractivity contribution is 9.10. The highest BCUT2D eigenvalue weighted by atomic mass is 79.9. The molecule has 0 atom stereocenters. The van der Waals surface area contributed by atoms with Crippen LogP contribution in [0, 0.1) is 0 Å². The molecule has 0 radical (unpaired) electrons. The highest BCUT2D eigenvalue weighted by Gasteiger charge is 2.05. The van der Waals surface area contributed by atoms with Gasteiger partial charge in [-0.1, -0.05) is 28.1 Å². The Morgan fingerprint density at radius 2 is 1.89 bits per heavy atom. The summed E-state index contributed by atoms with van der Waals surface area (Å²) in [5.74, 6) is 0.298. The van der Waals surface area contributed by atoms with Gasteiger partial charge >= 0.3 is 0 Å². The summed E-state index contributed by atoms with van der Waals surface area (Å²) in [4.78, 5) is 4.61. The van der Waals surface area contributed by atoms with Crippen LogP contribution < -0.4 is 0 Å². The van der Waals surface area contributed by atoms with E-state index in [1.165, 1.54) is 4.70 Å². The molecule has 0 unspecified atom stereocenters. The largest absolute Gasteiger partial charge is 0.508 e. The minimum atomic E-state index is 0.298. The Kier molecular flexibility index (Phi) is 3.06. The second-order valence-corrected chi connectivity index (χ2v) is 6.09. The first-order chi connectivity index (χ1) is 8.70. The van der Waals surface area contributed by atoms with Crippen LogP contribution in [0.15, 0.2) is 46.9 Å². The Labute approximate surface area is 117 Å². The van der Waals surface area contributed by atoms with E-state index in [9.17, 15) is 5.11 Å². The molecule has 0 aliphatic carbocycles. The fourth-order valence-electron chi connectivity index (χ4n) is 1.81. The summed E-state index contributed by atoms with van der Waals surface area (Å²) in [5.41, 5.74) is 2.20. The Morgan fingerprint density at radius 1 is 1.11 bits per heavy atom. The molecule has 1 aromatic heterocycles. The predicted octanol–water partition coefficient (Wildman–Crippen LogP) is 4.36. The number of thiazole rings is 1. The molecule has 2 nitrogen and oxygen atoms in total. The van der Waals surface area contributed by atoms with Crippen molar-refractivity contribution in [1.82, 2.24) is 4.98 Å². The molecular formula is C14H10BrNOS. The second kappa shape index (κ2) is 4.71. The standard InChI is InChI=1S/C14H10BrNOS/c15-10-3-6-12-13(8-10)18-14(16-12)7-9-1-4-11(17)5-2-9/h1-6,8,17H,7H2. The third kappa shape index (κ3) is 2.40. The van der Waals surface area contributed by atoms with Gasteiger partial charge < -0.3 is 5.11 Å². The number of nitrogens with zero attached hydrogens (tertiary/aromatic N) is 1. The van der Waals surface area contributed by atoms with E-state index in [4.69, 9.17) is 0 Å². The lowest BCUT2D eigenvalue weighted by Crippen LogP contribution is -1.85. The zero-order chi connectivity index (χ0) is 12.5. The molecule has 3 rings (SSSR count). The van der Waals surface area contributed by atoms with Gasteiger partial charge in [0.15, 0.2) is 0 Å². The number of benzene rings is 2. The van der Waals surface area contributed by atoms with Crippen LogP contribution in [0.3, 0.4) is 0 Å². The van der Waals surface area contributed by atoms with E-state index in [1.54, 1.807) is 23.5 Å². The third-order valence-electron chi connectivity index (χ3n) is 2.69. The normalized spacial score (nSPS) is 10.9. The Hall–Kier alpha value is -1.39. The number of fused-ring (bicyclic) bond motifs is 1. The first-order valence-electron chi connectivity index (χ1n) is 5.53. The van der Waals surface area contributed by atoms with Crippen molar-refractivity contribution in [2.24, 2.45) is 0 Å². The van der Waals surface area contributed by atoms with Crippen LogP contribution in [0.1, 0.15) is 10.6 Å². The van der Waals surface area contributed by atoms with Crippen molar-refractivity contribution in [2.75, 3.05) is 0 Å². The number of phenols is 1. The molecule has 1 N–H and O–H groups in total. The van der Waals surface area contributed by atoms with E-state index in [0.717, 1.165) is 27.0 Å². The van der Waals surface area contributed by atoms with Gasteiger partial charge in [-0.05, 0) is 35.9 Å². The fraction of sp³-hybridized carbons (Fsp3) is 0.0714. The zero-order valence-corrected chi connectivity index (χ0v) is 11.8. The maximum Gasteiger partial charge on any atom is 0.115 e. The van der Waals surface area contributed by atoms with Crippen molar-refractivity contribution >= 4 is 37.5 Å². The topological polar surface area (TPSA) is 33.1 Å². The lowest BCUT2D eigenvalue weighted by molar-refractivity contribution is 0.475. The summed E-state index contributed by atoms with van der Waals surface area (Å²) in [7, 11) is 0. The third-order valence-corrected chi connectivity index (χ3v) is 4.20.